The SMILES string of the molecule is COCC1CCC(Oc2ccc3cc(CN4CCC(C(=O)O)CC4)ccc3c2)CC1. The number of benzene rings is 2. The van der Waals surface area contributed by atoms with E-state index < -0.39 is 5.97 Å². The molecule has 1 aliphatic carbocycles. The molecule has 2 aliphatic rings. The monoisotopic (exact) mass is 411 g/mol. The van der Waals surface area contributed by atoms with Crippen molar-refractivity contribution in [3.8, 4) is 5.75 Å². The molecule has 2 fully saturated rings. The second-order valence-corrected chi connectivity index (χ2v) is 8.95. The summed E-state index contributed by atoms with van der Waals surface area (Å²) in [7, 11) is 1.78. The second kappa shape index (κ2) is 9.80. The van der Waals surface area contributed by atoms with Gasteiger partial charge < -0.3 is 14.6 Å². The Labute approximate surface area is 179 Å². The van der Waals surface area contributed by atoms with Gasteiger partial charge in [0.2, 0.25) is 0 Å². The van der Waals surface area contributed by atoms with Gasteiger partial charge in [-0.1, -0.05) is 18.2 Å². The van der Waals surface area contributed by atoms with Gasteiger partial charge in [0.05, 0.1) is 12.0 Å². The number of ether oxygens (including phenoxy) is 2. The number of carboxylic acid groups (broad SMARTS) is 1. The summed E-state index contributed by atoms with van der Waals surface area (Å²) in [4.78, 5) is 13.5. The molecule has 1 N–H and O–H groups in total. The first-order valence-corrected chi connectivity index (χ1v) is 11.2. The molecule has 0 amide bonds. The van der Waals surface area contributed by atoms with Gasteiger partial charge in [0.1, 0.15) is 5.75 Å². The summed E-state index contributed by atoms with van der Waals surface area (Å²) in [6, 6.07) is 13.0. The van der Waals surface area contributed by atoms with Crippen LogP contribution < -0.4 is 4.74 Å². The van der Waals surface area contributed by atoms with Crippen molar-refractivity contribution in [2.75, 3.05) is 26.8 Å². The summed E-state index contributed by atoms with van der Waals surface area (Å²) >= 11 is 0. The minimum Gasteiger partial charge on any atom is -0.490 e. The van der Waals surface area contributed by atoms with Crippen molar-refractivity contribution in [2.24, 2.45) is 11.8 Å². The Kier molecular flexibility index (Phi) is 6.90. The molecule has 1 aliphatic heterocycles. The summed E-state index contributed by atoms with van der Waals surface area (Å²) in [5.41, 5.74) is 1.28. The fourth-order valence-electron chi connectivity index (χ4n) is 4.89. The molecule has 0 bridgehead atoms. The first-order valence-electron chi connectivity index (χ1n) is 11.2. The van der Waals surface area contributed by atoms with E-state index in [1.807, 2.05) is 0 Å². The maximum atomic E-state index is 11.1. The summed E-state index contributed by atoms with van der Waals surface area (Å²) < 4.78 is 11.6. The fourth-order valence-corrected chi connectivity index (χ4v) is 4.89. The van der Waals surface area contributed by atoms with E-state index in [-0.39, 0.29) is 5.92 Å². The molecule has 0 radical (unpaired) electrons. The third-order valence-electron chi connectivity index (χ3n) is 6.72. The van der Waals surface area contributed by atoms with Crippen molar-refractivity contribution in [1.82, 2.24) is 4.90 Å². The lowest BCUT2D eigenvalue weighted by Gasteiger charge is -2.30. The Morgan fingerprint density at radius 3 is 2.40 bits per heavy atom. The topological polar surface area (TPSA) is 59.0 Å². The van der Waals surface area contributed by atoms with Crippen LogP contribution in [0.2, 0.25) is 0 Å². The normalized spacial score (nSPS) is 23.5. The predicted molar refractivity (Wildman–Crippen MR) is 118 cm³/mol. The minimum atomic E-state index is -0.651. The molecule has 4 rings (SSSR count). The zero-order valence-corrected chi connectivity index (χ0v) is 17.9. The quantitative estimate of drug-likeness (QED) is 0.714. The number of fused-ring (bicyclic) bond motifs is 1. The molecular weight excluding hydrogens is 378 g/mol. The molecule has 2 aromatic rings. The number of likely N-dealkylation sites (tertiary alicyclic amines) is 1. The van der Waals surface area contributed by atoms with E-state index in [2.05, 4.69) is 41.3 Å². The van der Waals surface area contributed by atoms with Crippen molar-refractivity contribution in [3.05, 3.63) is 42.0 Å². The molecule has 0 atom stereocenters. The minimum absolute atomic E-state index is 0.175. The number of hydrogen-bond acceptors (Lipinski definition) is 4. The largest absolute Gasteiger partial charge is 0.490 e. The van der Waals surface area contributed by atoms with Gasteiger partial charge in [-0.3, -0.25) is 9.69 Å². The maximum Gasteiger partial charge on any atom is 0.306 e. The number of rotatable bonds is 7. The van der Waals surface area contributed by atoms with Crippen molar-refractivity contribution in [3.63, 3.8) is 0 Å². The number of carboxylic acids is 1. The van der Waals surface area contributed by atoms with Gasteiger partial charge in [-0.25, -0.2) is 0 Å². The summed E-state index contributed by atoms with van der Waals surface area (Å²) in [5, 5.41) is 11.6. The van der Waals surface area contributed by atoms with E-state index in [9.17, 15) is 4.79 Å². The average molecular weight is 412 g/mol. The number of carbonyl (C=O) groups is 1. The number of nitrogens with zero attached hydrogens (tertiary/aromatic N) is 1. The van der Waals surface area contributed by atoms with Gasteiger partial charge >= 0.3 is 5.97 Å². The molecule has 30 heavy (non-hydrogen) atoms. The standard InChI is InChI=1S/C25H33NO4/c1-29-17-18-3-7-23(8-4-18)30-24-9-6-21-14-19(2-5-22(21)15-24)16-26-12-10-20(11-13-26)25(27)28/h2,5-6,9,14-15,18,20,23H,3-4,7-8,10-13,16-17H2,1H3,(H,27,28). The molecule has 5 nitrogen and oxygen atoms in total. The Morgan fingerprint density at radius 2 is 1.70 bits per heavy atom. The highest BCUT2D eigenvalue weighted by atomic mass is 16.5. The highest BCUT2D eigenvalue weighted by molar-refractivity contribution is 5.84. The van der Waals surface area contributed by atoms with Crippen molar-refractivity contribution in [1.29, 1.82) is 0 Å². The molecule has 1 saturated carbocycles. The lowest BCUT2D eigenvalue weighted by molar-refractivity contribution is -0.143. The van der Waals surface area contributed by atoms with Crippen LogP contribution in [-0.2, 0) is 16.1 Å². The highest BCUT2D eigenvalue weighted by Crippen LogP contribution is 2.30. The lowest BCUT2D eigenvalue weighted by Crippen LogP contribution is -2.35. The van der Waals surface area contributed by atoms with E-state index in [4.69, 9.17) is 14.6 Å². The second-order valence-electron chi connectivity index (χ2n) is 8.95. The van der Waals surface area contributed by atoms with E-state index in [1.54, 1.807) is 7.11 Å². The van der Waals surface area contributed by atoms with E-state index in [1.165, 1.54) is 29.2 Å². The molecular formula is C25H33NO4. The van der Waals surface area contributed by atoms with E-state index >= 15 is 0 Å². The number of hydrogen-bond donors (Lipinski definition) is 1. The average Bonchev–Trinajstić information content (AvgIpc) is 2.76. The molecule has 5 heteroatoms. The van der Waals surface area contributed by atoms with Crippen molar-refractivity contribution >= 4 is 16.7 Å². The Bertz CT molecular complexity index is 851. The van der Waals surface area contributed by atoms with E-state index in [0.717, 1.165) is 57.7 Å². The van der Waals surface area contributed by atoms with Gasteiger partial charge in [0.15, 0.2) is 0 Å². The fraction of sp³-hybridized carbons (Fsp3) is 0.560. The van der Waals surface area contributed by atoms with Crippen LogP contribution in [0.4, 0.5) is 0 Å². The summed E-state index contributed by atoms with van der Waals surface area (Å²) in [5.74, 6) is 0.814. The molecule has 0 spiro atoms. The highest BCUT2D eigenvalue weighted by Gasteiger charge is 2.24. The molecule has 2 aromatic carbocycles. The number of aliphatic carboxylic acids is 1. The third-order valence-corrected chi connectivity index (χ3v) is 6.72. The maximum absolute atomic E-state index is 11.1. The van der Waals surface area contributed by atoms with Crippen LogP contribution in [-0.4, -0.2) is 48.9 Å². The van der Waals surface area contributed by atoms with Gasteiger partial charge in [0.25, 0.3) is 0 Å². The zero-order chi connectivity index (χ0) is 20.9. The lowest BCUT2D eigenvalue weighted by atomic mass is 9.88. The first-order chi connectivity index (χ1) is 14.6. The Hall–Kier alpha value is -2.11. The Balaban J connectivity index is 1.33. The van der Waals surface area contributed by atoms with Crippen molar-refractivity contribution in [2.45, 2.75) is 51.2 Å². The van der Waals surface area contributed by atoms with Gasteiger partial charge in [-0.05, 0) is 92.1 Å². The molecule has 1 heterocycles. The van der Waals surface area contributed by atoms with Crippen LogP contribution in [0, 0.1) is 11.8 Å². The van der Waals surface area contributed by atoms with Crippen LogP contribution in [0.25, 0.3) is 10.8 Å². The smallest absolute Gasteiger partial charge is 0.306 e. The summed E-state index contributed by atoms with van der Waals surface area (Å²) in [6.45, 7) is 3.46. The van der Waals surface area contributed by atoms with Crippen LogP contribution in [0.5, 0.6) is 5.75 Å². The molecule has 0 unspecified atom stereocenters. The third kappa shape index (κ3) is 5.32. The van der Waals surface area contributed by atoms with Crippen LogP contribution >= 0.6 is 0 Å². The number of piperidine rings is 1. The molecule has 162 valence electrons. The van der Waals surface area contributed by atoms with Crippen LogP contribution in [0.15, 0.2) is 36.4 Å². The van der Waals surface area contributed by atoms with Gasteiger partial charge in [0, 0.05) is 20.3 Å². The summed E-state index contributed by atoms with van der Waals surface area (Å²) in [6.07, 6.45) is 6.36. The number of methoxy groups -OCH3 is 1. The van der Waals surface area contributed by atoms with Crippen LogP contribution in [0.1, 0.15) is 44.1 Å². The van der Waals surface area contributed by atoms with Crippen LogP contribution in [0.3, 0.4) is 0 Å². The van der Waals surface area contributed by atoms with Crippen molar-refractivity contribution < 1.29 is 19.4 Å². The first kappa shape index (κ1) is 21.1. The van der Waals surface area contributed by atoms with Gasteiger partial charge in [-0.2, -0.15) is 0 Å². The molecule has 1 saturated heterocycles. The van der Waals surface area contributed by atoms with E-state index in [0.29, 0.717) is 12.0 Å². The Morgan fingerprint density at radius 1 is 1.00 bits per heavy atom. The molecule has 0 aromatic heterocycles. The zero-order valence-electron chi connectivity index (χ0n) is 17.9. The van der Waals surface area contributed by atoms with Gasteiger partial charge in [-0.15, -0.1) is 0 Å². The predicted octanol–water partition coefficient (Wildman–Crippen LogP) is 4.72.